The first-order valence-electron chi connectivity index (χ1n) is 7.20. The van der Waals surface area contributed by atoms with Crippen LogP contribution in [0, 0.1) is 18.3 Å². The normalized spacial score (nSPS) is 15.8. The van der Waals surface area contributed by atoms with Crippen LogP contribution in [-0.4, -0.2) is 25.2 Å². The lowest BCUT2D eigenvalue weighted by atomic mass is 10.1. The minimum atomic E-state index is -0.00741. The molecule has 0 heterocycles. The number of nitrogens with zero attached hydrogens (tertiary/aromatic N) is 2. The van der Waals surface area contributed by atoms with Gasteiger partial charge in [0.1, 0.15) is 0 Å². The molecule has 0 bridgehead atoms. The molecule has 19 heavy (non-hydrogen) atoms. The first kappa shape index (κ1) is 13.9. The van der Waals surface area contributed by atoms with Crippen molar-refractivity contribution >= 4 is 5.69 Å². The van der Waals surface area contributed by atoms with Crippen LogP contribution in [0.4, 0.5) is 5.69 Å². The maximum absolute atomic E-state index is 9.16. The van der Waals surface area contributed by atoms with E-state index in [4.69, 9.17) is 5.26 Å². The van der Waals surface area contributed by atoms with E-state index in [1.54, 1.807) is 0 Å². The van der Waals surface area contributed by atoms with Crippen LogP contribution < -0.4 is 10.2 Å². The second-order valence-corrected chi connectivity index (χ2v) is 5.33. The van der Waals surface area contributed by atoms with Gasteiger partial charge in [-0.25, -0.2) is 0 Å². The van der Waals surface area contributed by atoms with Gasteiger partial charge in [0, 0.05) is 24.8 Å². The number of anilines is 1. The summed E-state index contributed by atoms with van der Waals surface area (Å²) in [5.74, 6) is 0. The summed E-state index contributed by atoms with van der Waals surface area (Å²) in [4.78, 5) is 2.33. The van der Waals surface area contributed by atoms with Crippen molar-refractivity contribution in [3.05, 3.63) is 29.8 Å². The highest BCUT2D eigenvalue weighted by Crippen LogP contribution is 2.20. The topological polar surface area (TPSA) is 39.1 Å². The highest BCUT2D eigenvalue weighted by atomic mass is 15.1. The van der Waals surface area contributed by atoms with E-state index in [0.29, 0.717) is 6.04 Å². The zero-order chi connectivity index (χ0) is 13.7. The van der Waals surface area contributed by atoms with Gasteiger partial charge in [-0.15, -0.1) is 0 Å². The number of aryl methyl sites for hydroxylation is 1. The van der Waals surface area contributed by atoms with E-state index in [1.165, 1.54) is 24.1 Å². The number of nitrogens with one attached hydrogen (secondary N) is 1. The lowest BCUT2D eigenvalue weighted by Gasteiger charge is -2.24. The Hall–Kier alpha value is -1.53. The Morgan fingerprint density at radius 3 is 2.58 bits per heavy atom. The number of hydrogen-bond donors (Lipinski definition) is 1. The molecule has 1 N–H and O–H groups in total. The molecule has 1 saturated carbocycles. The molecule has 2 rings (SSSR count). The van der Waals surface area contributed by atoms with Crippen molar-refractivity contribution in [2.75, 3.05) is 18.0 Å². The van der Waals surface area contributed by atoms with Crippen LogP contribution >= 0.6 is 0 Å². The molecule has 1 aliphatic carbocycles. The van der Waals surface area contributed by atoms with Gasteiger partial charge >= 0.3 is 0 Å². The van der Waals surface area contributed by atoms with Crippen LogP contribution in [0.15, 0.2) is 24.3 Å². The van der Waals surface area contributed by atoms with Crippen molar-refractivity contribution < 1.29 is 0 Å². The molecule has 3 nitrogen and oxygen atoms in total. The first-order chi connectivity index (χ1) is 9.22. The highest BCUT2D eigenvalue weighted by molar-refractivity contribution is 5.47. The van der Waals surface area contributed by atoms with Crippen molar-refractivity contribution in [2.24, 2.45) is 0 Å². The molecule has 0 amide bonds. The molecule has 0 aliphatic heterocycles. The summed E-state index contributed by atoms with van der Waals surface area (Å²) in [6, 6.07) is 11.6. The van der Waals surface area contributed by atoms with Gasteiger partial charge in [-0.1, -0.05) is 17.7 Å². The predicted octanol–water partition coefficient (Wildman–Crippen LogP) is 2.86. The van der Waals surface area contributed by atoms with Crippen molar-refractivity contribution in [2.45, 2.75) is 45.2 Å². The standard InChI is InChI=1S/C16H23N3/c1-3-19(16-8-4-13(2)5-9-16)11-10-15(12-17)18-14-6-7-14/h4-5,8-9,14-15,18H,3,6-7,10-11H2,1-2H3. The van der Waals surface area contributed by atoms with Crippen molar-refractivity contribution in [3.8, 4) is 6.07 Å². The van der Waals surface area contributed by atoms with Gasteiger partial charge in [0.2, 0.25) is 0 Å². The second kappa shape index (κ2) is 6.58. The molecule has 0 saturated heterocycles. The molecule has 0 aromatic heterocycles. The van der Waals surface area contributed by atoms with E-state index in [2.05, 4.69) is 54.4 Å². The number of rotatable bonds is 7. The van der Waals surface area contributed by atoms with Crippen LogP contribution in [0.3, 0.4) is 0 Å². The van der Waals surface area contributed by atoms with Crippen LogP contribution in [0.25, 0.3) is 0 Å². The minimum absolute atomic E-state index is 0.00741. The van der Waals surface area contributed by atoms with E-state index >= 15 is 0 Å². The summed E-state index contributed by atoms with van der Waals surface area (Å²) in [6.45, 7) is 6.17. The largest absolute Gasteiger partial charge is 0.372 e. The lowest BCUT2D eigenvalue weighted by Crippen LogP contribution is -2.34. The lowest BCUT2D eigenvalue weighted by molar-refractivity contribution is 0.556. The molecular weight excluding hydrogens is 234 g/mol. The Labute approximate surface area is 116 Å². The maximum atomic E-state index is 9.16. The van der Waals surface area contributed by atoms with Gasteiger partial charge in [0.25, 0.3) is 0 Å². The fraction of sp³-hybridized carbons (Fsp3) is 0.562. The van der Waals surface area contributed by atoms with E-state index in [-0.39, 0.29) is 6.04 Å². The summed E-state index contributed by atoms with van der Waals surface area (Å²) in [5, 5.41) is 12.6. The number of hydrogen-bond acceptors (Lipinski definition) is 3. The van der Waals surface area contributed by atoms with Gasteiger partial charge in [-0.05, 0) is 45.2 Å². The van der Waals surface area contributed by atoms with E-state index in [1.807, 2.05) is 0 Å². The first-order valence-corrected chi connectivity index (χ1v) is 7.20. The maximum Gasteiger partial charge on any atom is 0.0972 e. The zero-order valence-corrected chi connectivity index (χ0v) is 11.9. The molecular formula is C16H23N3. The molecule has 102 valence electrons. The minimum Gasteiger partial charge on any atom is -0.372 e. The van der Waals surface area contributed by atoms with Crippen LogP contribution in [0.2, 0.25) is 0 Å². The van der Waals surface area contributed by atoms with Crippen LogP contribution in [-0.2, 0) is 0 Å². The molecule has 1 atom stereocenters. The SMILES string of the molecule is CCN(CCC(C#N)NC1CC1)c1ccc(C)cc1. The summed E-state index contributed by atoms with van der Waals surface area (Å²) in [6.07, 6.45) is 3.34. The van der Waals surface area contributed by atoms with Crippen LogP contribution in [0.1, 0.15) is 31.7 Å². The number of nitriles is 1. The summed E-state index contributed by atoms with van der Waals surface area (Å²) in [5.41, 5.74) is 2.53. The Kier molecular flexibility index (Phi) is 4.81. The molecule has 1 unspecified atom stereocenters. The van der Waals surface area contributed by atoms with Gasteiger partial charge in [-0.2, -0.15) is 5.26 Å². The Morgan fingerprint density at radius 1 is 1.37 bits per heavy atom. The average Bonchev–Trinajstić information content (AvgIpc) is 3.24. The Balaban J connectivity index is 1.87. The van der Waals surface area contributed by atoms with Gasteiger partial charge in [-0.3, -0.25) is 5.32 Å². The van der Waals surface area contributed by atoms with Gasteiger partial charge < -0.3 is 4.90 Å². The smallest absolute Gasteiger partial charge is 0.0972 e. The molecule has 1 aromatic rings. The fourth-order valence-corrected chi connectivity index (χ4v) is 2.23. The van der Waals surface area contributed by atoms with Crippen LogP contribution in [0.5, 0.6) is 0 Å². The van der Waals surface area contributed by atoms with E-state index in [9.17, 15) is 0 Å². The molecule has 1 aliphatic rings. The monoisotopic (exact) mass is 257 g/mol. The summed E-state index contributed by atoms with van der Waals surface area (Å²) < 4.78 is 0. The van der Waals surface area contributed by atoms with E-state index < -0.39 is 0 Å². The molecule has 1 aromatic carbocycles. The van der Waals surface area contributed by atoms with Crippen molar-refractivity contribution in [1.29, 1.82) is 5.26 Å². The third-order valence-corrected chi connectivity index (χ3v) is 3.64. The third kappa shape index (κ3) is 4.25. The Morgan fingerprint density at radius 2 is 2.05 bits per heavy atom. The van der Waals surface area contributed by atoms with E-state index in [0.717, 1.165) is 19.5 Å². The van der Waals surface area contributed by atoms with Gasteiger partial charge in [0.15, 0.2) is 0 Å². The molecule has 0 spiro atoms. The predicted molar refractivity (Wildman–Crippen MR) is 79.2 cm³/mol. The second-order valence-electron chi connectivity index (χ2n) is 5.33. The number of benzene rings is 1. The fourth-order valence-electron chi connectivity index (χ4n) is 2.23. The zero-order valence-electron chi connectivity index (χ0n) is 11.9. The quantitative estimate of drug-likeness (QED) is 0.816. The highest BCUT2D eigenvalue weighted by Gasteiger charge is 2.24. The molecule has 0 radical (unpaired) electrons. The molecule has 1 fully saturated rings. The third-order valence-electron chi connectivity index (χ3n) is 3.64. The average molecular weight is 257 g/mol. The Bertz CT molecular complexity index is 428. The van der Waals surface area contributed by atoms with Crippen molar-refractivity contribution in [3.63, 3.8) is 0 Å². The summed E-state index contributed by atoms with van der Waals surface area (Å²) >= 11 is 0. The van der Waals surface area contributed by atoms with Crippen molar-refractivity contribution in [1.82, 2.24) is 5.32 Å². The molecule has 3 heteroatoms. The summed E-state index contributed by atoms with van der Waals surface area (Å²) in [7, 11) is 0. The van der Waals surface area contributed by atoms with Gasteiger partial charge in [0.05, 0.1) is 12.1 Å².